The van der Waals surface area contributed by atoms with Gasteiger partial charge in [0.15, 0.2) is 0 Å². The summed E-state index contributed by atoms with van der Waals surface area (Å²) in [5.41, 5.74) is 5.74. The van der Waals surface area contributed by atoms with Crippen molar-refractivity contribution in [2.45, 2.75) is 86.4 Å². The fourth-order valence-corrected chi connectivity index (χ4v) is 5.35. The lowest BCUT2D eigenvalue weighted by molar-refractivity contribution is 0.0275. The monoisotopic (exact) mass is 934 g/mol. The Balaban J connectivity index is 0.000000242. The molecule has 0 aliphatic heterocycles. The van der Waals surface area contributed by atoms with Crippen molar-refractivity contribution in [3.05, 3.63) is 108 Å². The minimum atomic E-state index is -0.518. The number of pyridine rings is 4. The smallest absolute Gasteiger partial charge is 0.410 e. The second-order valence-electron chi connectivity index (χ2n) is 16.3. The van der Waals surface area contributed by atoms with Crippen LogP contribution in [0.1, 0.15) is 71.2 Å². The van der Waals surface area contributed by atoms with Crippen LogP contribution < -0.4 is 10.6 Å². The van der Waals surface area contributed by atoms with Gasteiger partial charge >= 0.3 is 12.2 Å². The summed E-state index contributed by atoms with van der Waals surface area (Å²) in [7, 11) is 7.11. The van der Waals surface area contributed by atoms with Crippen molar-refractivity contribution in [3.8, 4) is 34.2 Å². The summed E-state index contributed by atoms with van der Waals surface area (Å²) in [6, 6.07) is 7.53. The molecule has 7 heterocycles. The van der Waals surface area contributed by atoms with E-state index in [-0.39, 0.29) is 13.5 Å². The van der Waals surface area contributed by atoms with Crippen molar-refractivity contribution in [1.82, 2.24) is 102 Å². The van der Waals surface area contributed by atoms with E-state index in [4.69, 9.17) is 16.0 Å². The predicted molar refractivity (Wildman–Crippen MR) is 250 cm³/mol. The Kier molecular flexibility index (Phi) is 21.2. The topological polar surface area (TPSA) is 302 Å². The highest BCUT2D eigenvalue weighted by Crippen LogP contribution is 2.18. The number of aromatic nitrogens is 16. The average Bonchev–Trinajstić information content (AvgIpc) is 4.13. The molecule has 360 valence electrons. The molecule has 0 aromatic carbocycles. The first-order valence-corrected chi connectivity index (χ1v) is 20.5. The van der Waals surface area contributed by atoms with Gasteiger partial charge in [-0.25, -0.2) is 14.4 Å². The molecule has 7 aromatic rings. The zero-order valence-corrected chi connectivity index (χ0v) is 39.0. The van der Waals surface area contributed by atoms with Gasteiger partial charge < -0.3 is 29.9 Å². The van der Waals surface area contributed by atoms with Gasteiger partial charge in [-0.1, -0.05) is 7.43 Å². The quantitative estimate of drug-likeness (QED) is 0.104. The van der Waals surface area contributed by atoms with E-state index in [2.05, 4.69) is 97.3 Å². The number of ether oxygens (including phenoxy) is 2. The molecule has 25 nitrogen and oxygen atoms in total. The standard InChI is InChI=1S/C13H18N6O2.C13H17N3O2.2C8H10N6.CH4/c1-13(2,3)21-12(20)19(4)8-9-5-10(7-14-6-9)11-15-17-18-16-11;1-13(2,3)18-12(17)16(5)9-10-6-11(14-4)8-15-7-10;2*1-9-3-6-2-7(5-10-4-6)8-11-13-14-12-8;/h5-7H,8H2,1-4H3,(H,15,16,17,18);6-8H,9H2,1-3,5H3;2*2,4-5,9H,3H2,1H3,(H,11,12,13,14);1H4. The number of nitrogens with one attached hydrogen (secondary N) is 5. The van der Waals surface area contributed by atoms with Gasteiger partial charge in [0.1, 0.15) is 11.2 Å². The van der Waals surface area contributed by atoms with Crippen molar-refractivity contribution in [2.24, 2.45) is 0 Å². The Hall–Kier alpha value is -8.24. The normalized spacial score (nSPS) is 10.5. The molecule has 0 radical (unpaired) electrons. The van der Waals surface area contributed by atoms with E-state index < -0.39 is 17.3 Å². The molecule has 68 heavy (non-hydrogen) atoms. The minimum absolute atomic E-state index is 0. The summed E-state index contributed by atoms with van der Waals surface area (Å²) in [4.78, 5) is 46.2. The summed E-state index contributed by atoms with van der Waals surface area (Å²) in [5.74, 6) is 1.59. The number of carbonyl (C=O) groups excluding carboxylic acids is 2. The first kappa shape index (κ1) is 54.1. The highest BCUT2D eigenvalue weighted by atomic mass is 16.6. The molecular weight excluding hydrogens is 875 g/mol. The predicted octanol–water partition coefficient (Wildman–Crippen LogP) is 5.23. The van der Waals surface area contributed by atoms with Crippen LogP contribution in [0.25, 0.3) is 39.0 Å². The molecule has 0 saturated heterocycles. The van der Waals surface area contributed by atoms with Gasteiger partial charge in [-0.3, -0.25) is 19.9 Å². The lowest BCUT2D eigenvalue weighted by Crippen LogP contribution is -2.33. The maximum atomic E-state index is 11.9. The molecule has 7 rings (SSSR count). The number of hydrogen-bond acceptors (Lipinski definition) is 19. The number of tetrazole rings is 3. The molecule has 0 aliphatic carbocycles. The molecule has 0 fully saturated rings. The average molecular weight is 934 g/mol. The zero-order valence-electron chi connectivity index (χ0n) is 39.0. The van der Waals surface area contributed by atoms with Crippen molar-refractivity contribution < 1.29 is 19.1 Å². The minimum Gasteiger partial charge on any atom is -0.444 e. The molecule has 0 saturated carbocycles. The van der Waals surface area contributed by atoms with Gasteiger partial charge in [-0.15, -0.1) is 30.6 Å². The molecule has 5 N–H and O–H groups in total. The van der Waals surface area contributed by atoms with Crippen LogP contribution in [0.15, 0.2) is 73.8 Å². The first-order valence-electron chi connectivity index (χ1n) is 20.5. The fraction of sp³-hybridized carbons (Fsp3) is 0.395. The number of carbonyl (C=O) groups is 2. The lowest BCUT2D eigenvalue weighted by atomic mass is 10.2. The van der Waals surface area contributed by atoms with E-state index in [0.29, 0.717) is 36.3 Å². The van der Waals surface area contributed by atoms with Gasteiger partial charge in [0.2, 0.25) is 23.2 Å². The fourth-order valence-electron chi connectivity index (χ4n) is 5.35. The maximum Gasteiger partial charge on any atom is 0.410 e. The highest BCUT2D eigenvalue weighted by molar-refractivity contribution is 5.68. The SMILES string of the molecule is C.CN(Cc1cncc(-c2nn[nH]n2)c1)C(=O)OC(C)(C)C.CNCc1cncc(-c2nn[nH]n2)c1.CNCc1cncc(-c2nn[nH]n2)c1.[C-]#[N+]c1cncc(CN(C)C(=O)OC(C)(C)C)c1. The van der Waals surface area contributed by atoms with E-state index in [1.54, 1.807) is 63.5 Å². The van der Waals surface area contributed by atoms with E-state index in [1.165, 1.54) is 16.0 Å². The van der Waals surface area contributed by atoms with E-state index in [0.717, 1.165) is 52.0 Å². The summed E-state index contributed by atoms with van der Waals surface area (Å²) >= 11 is 0. The van der Waals surface area contributed by atoms with Crippen molar-refractivity contribution in [2.75, 3.05) is 28.2 Å². The van der Waals surface area contributed by atoms with Crippen LogP contribution in [0.2, 0.25) is 0 Å². The third kappa shape index (κ3) is 19.1. The van der Waals surface area contributed by atoms with Crippen molar-refractivity contribution in [3.63, 3.8) is 0 Å². The Morgan fingerprint density at radius 1 is 0.574 bits per heavy atom. The van der Waals surface area contributed by atoms with Crippen LogP contribution in [0.3, 0.4) is 0 Å². The molecular formula is C43H59N21O4. The lowest BCUT2D eigenvalue weighted by Gasteiger charge is -2.24. The summed E-state index contributed by atoms with van der Waals surface area (Å²) in [6.45, 7) is 20.2. The van der Waals surface area contributed by atoms with Gasteiger partial charge in [0.25, 0.3) is 0 Å². The molecule has 0 spiro atoms. The van der Waals surface area contributed by atoms with Gasteiger partial charge in [0.05, 0.1) is 13.1 Å². The summed E-state index contributed by atoms with van der Waals surface area (Å²) < 4.78 is 10.5. The molecule has 0 atom stereocenters. The Labute approximate surface area is 394 Å². The van der Waals surface area contributed by atoms with Crippen molar-refractivity contribution >= 4 is 17.9 Å². The van der Waals surface area contributed by atoms with Crippen LogP contribution in [-0.4, -0.2) is 143 Å². The van der Waals surface area contributed by atoms with Crippen molar-refractivity contribution in [1.29, 1.82) is 0 Å². The molecule has 0 unspecified atom stereocenters. The molecule has 25 heteroatoms. The Bertz CT molecular complexity index is 2510. The number of rotatable bonds is 11. The van der Waals surface area contributed by atoms with E-state index in [9.17, 15) is 9.59 Å². The van der Waals surface area contributed by atoms with Gasteiger partial charge in [-0.2, -0.15) is 15.6 Å². The largest absolute Gasteiger partial charge is 0.444 e. The molecule has 7 aromatic heterocycles. The van der Waals surface area contributed by atoms with Crippen LogP contribution >= 0.6 is 0 Å². The molecule has 0 bridgehead atoms. The number of amides is 2. The summed E-state index contributed by atoms with van der Waals surface area (Å²) in [5, 5.41) is 47.1. The number of nitrogens with zero attached hydrogens (tertiary/aromatic N) is 16. The Morgan fingerprint density at radius 3 is 1.24 bits per heavy atom. The van der Waals surface area contributed by atoms with E-state index >= 15 is 0 Å². The Morgan fingerprint density at radius 2 is 0.912 bits per heavy atom. The summed E-state index contributed by atoms with van der Waals surface area (Å²) in [6.07, 6.45) is 12.7. The number of H-pyrrole nitrogens is 3. The number of aromatic amines is 3. The second-order valence-corrected chi connectivity index (χ2v) is 16.3. The van der Waals surface area contributed by atoms with Crippen LogP contribution in [0.5, 0.6) is 0 Å². The third-order valence-electron chi connectivity index (χ3n) is 8.12. The second kappa shape index (κ2) is 26.7. The van der Waals surface area contributed by atoms with Gasteiger partial charge in [0, 0.05) is 100.0 Å². The maximum absolute atomic E-state index is 11.9. The van der Waals surface area contributed by atoms with E-state index in [1.807, 2.05) is 73.8 Å². The van der Waals surface area contributed by atoms with Crippen LogP contribution in [0.4, 0.5) is 15.3 Å². The molecule has 2 amide bonds. The zero-order chi connectivity index (χ0) is 48.8. The number of hydrogen-bond donors (Lipinski definition) is 5. The van der Waals surface area contributed by atoms with Crippen LogP contribution in [0, 0.1) is 6.57 Å². The highest BCUT2D eigenvalue weighted by Gasteiger charge is 2.21. The first-order chi connectivity index (χ1) is 32.0. The third-order valence-corrected chi connectivity index (χ3v) is 8.12. The van der Waals surface area contributed by atoms with Gasteiger partial charge in [-0.05, 0) is 118 Å². The van der Waals surface area contributed by atoms with Crippen LogP contribution in [-0.2, 0) is 35.7 Å². The molecule has 0 aliphatic rings.